The third kappa shape index (κ3) is 4.15. The van der Waals surface area contributed by atoms with Crippen molar-refractivity contribution in [2.24, 2.45) is 0 Å². The lowest BCUT2D eigenvalue weighted by molar-refractivity contribution is -0.135. The van der Waals surface area contributed by atoms with E-state index in [0.29, 0.717) is 32.6 Å². The molecule has 1 aromatic rings. The van der Waals surface area contributed by atoms with E-state index in [0.717, 1.165) is 23.5 Å². The maximum Gasteiger partial charge on any atom is 0.223 e. The molecule has 2 rings (SSSR count). The molecule has 6 heteroatoms. The van der Waals surface area contributed by atoms with Crippen molar-refractivity contribution < 1.29 is 19.1 Å². The quantitative estimate of drug-likeness (QED) is 0.745. The van der Waals surface area contributed by atoms with Gasteiger partial charge in [-0.1, -0.05) is 13.0 Å². The molecule has 0 aliphatic carbocycles. The average Bonchev–Trinajstić information content (AvgIpc) is 2.60. The van der Waals surface area contributed by atoms with Gasteiger partial charge in [-0.2, -0.15) is 0 Å². The fraction of sp³-hybridized carbons (Fsp3) is 0.529. The van der Waals surface area contributed by atoms with Gasteiger partial charge in [0.1, 0.15) is 11.5 Å². The van der Waals surface area contributed by atoms with Gasteiger partial charge in [-0.25, -0.2) is 0 Å². The second-order valence-electron chi connectivity index (χ2n) is 5.74. The highest BCUT2D eigenvalue weighted by atomic mass is 16.5. The number of methoxy groups -OCH3 is 2. The molecule has 1 aliphatic rings. The summed E-state index contributed by atoms with van der Waals surface area (Å²) in [5.41, 5.74) is 0.994. The fourth-order valence-electron chi connectivity index (χ4n) is 2.80. The summed E-state index contributed by atoms with van der Waals surface area (Å²) in [4.78, 5) is 26.7. The smallest absolute Gasteiger partial charge is 0.223 e. The zero-order valence-corrected chi connectivity index (χ0v) is 13.9. The fourth-order valence-corrected chi connectivity index (χ4v) is 2.80. The largest absolute Gasteiger partial charge is 0.497 e. The molecule has 1 atom stereocenters. The van der Waals surface area contributed by atoms with Gasteiger partial charge in [-0.3, -0.25) is 9.59 Å². The molecule has 126 valence electrons. The maximum absolute atomic E-state index is 12.5. The number of carbonyl (C=O) groups excluding carboxylic acids is 2. The number of hydrogen-bond donors (Lipinski definition) is 0. The molecule has 23 heavy (non-hydrogen) atoms. The summed E-state index contributed by atoms with van der Waals surface area (Å²) in [5, 5.41) is 0. The topological polar surface area (TPSA) is 59.1 Å². The number of piperazine rings is 1. The number of rotatable bonds is 6. The number of nitrogens with zero attached hydrogens (tertiary/aromatic N) is 2. The molecule has 0 aromatic heterocycles. The molecule has 0 saturated carbocycles. The lowest BCUT2D eigenvalue weighted by Gasteiger charge is -2.33. The van der Waals surface area contributed by atoms with E-state index in [1.54, 1.807) is 19.1 Å². The van der Waals surface area contributed by atoms with Crippen molar-refractivity contribution in [3.8, 4) is 11.5 Å². The number of amides is 2. The SMILES string of the molecule is COc1ccc(C(C)CC(=O)N2CCN(C=O)CC2)c(OC)c1. The van der Waals surface area contributed by atoms with Crippen LogP contribution < -0.4 is 9.47 Å². The summed E-state index contributed by atoms with van der Waals surface area (Å²) in [5.74, 6) is 1.62. The highest BCUT2D eigenvalue weighted by Crippen LogP contribution is 2.32. The Kier molecular flexibility index (Phi) is 5.84. The normalized spacial score (nSPS) is 16.0. The van der Waals surface area contributed by atoms with Crippen molar-refractivity contribution in [3.05, 3.63) is 23.8 Å². The molecule has 1 unspecified atom stereocenters. The minimum absolute atomic E-state index is 0.0486. The molecule has 1 aromatic carbocycles. The molecule has 1 aliphatic heterocycles. The van der Waals surface area contributed by atoms with E-state index in [-0.39, 0.29) is 11.8 Å². The van der Waals surface area contributed by atoms with E-state index in [1.807, 2.05) is 30.0 Å². The molecule has 0 N–H and O–H groups in total. The predicted molar refractivity (Wildman–Crippen MR) is 86.8 cm³/mol. The number of ether oxygens (including phenoxy) is 2. The van der Waals surface area contributed by atoms with Gasteiger partial charge >= 0.3 is 0 Å². The Labute approximate surface area is 137 Å². The van der Waals surface area contributed by atoms with Crippen LogP contribution in [0.1, 0.15) is 24.8 Å². The molecule has 0 radical (unpaired) electrons. The first-order valence-electron chi connectivity index (χ1n) is 7.78. The second-order valence-corrected chi connectivity index (χ2v) is 5.74. The van der Waals surface area contributed by atoms with Gasteiger partial charge in [0.05, 0.1) is 14.2 Å². The van der Waals surface area contributed by atoms with Crippen LogP contribution in [0.2, 0.25) is 0 Å². The Morgan fingerprint density at radius 1 is 1.22 bits per heavy atom. The van der Waals surface area contributed by atoms with Crippen LogP contribution >= 0.6 is 0 Å². The van der Waals surface area contributed by atoms with Crippen molar-refractivity contribution in [3.63, 3.8) is 0 Å². The number of carbonyl (C=O) groups is 2. The molecule has 0 spiro atoms. The zero-order valence-electron chi connectivity index (χ0n) is 13.9. The lowest BCUT2D eigenvalue weighted by atomic mass is 9.96. The van der Waals surface area contributed by atoms with Crippen molar-refractivity contribution in [2.75, 3.05) is 40.4 Å². The Bertz CT molecular complexity index is 554. The Morgan fingerprint density at radius 2 is 1.91 bits per heavy atom. The number of benzene rings is 1. The van der Waals surface area contributed by atoms with Gasteiger partial charge in [0.2, 0.25) is 12.3 Å². The molecule has 0 bridgehead atoms. The van der Waals surface area contributed by atoms with Gasteiger partial charge in [-0.05, 0) is 17.5 Å². The van der Waals surface area contributed by atoms with Gasteiger partial charge < -0.3 is 19.3 Å². The average molecular weight is 320 g/mol. The van der Waals surface area contributed by atoms with Crippen LogP contribution in [-0.4, -0.2) is 62.5 Å². The summed E-state index contributed by atoms with van der Waals surface area (Å²) < 4.78 is 10.6. The summed E-state index contributed by atoms with van der Waals surface area (Å²) >= 11 is 0. The van der Waals surface area contributed by atoms with Crippen LogP contribution in [0.5, 0.6) is 11.5 Å². The van der Waals surface area contributed by atoms with Crippen LogP contribution in [0.3, 0.4) is 0 Å². The Morgan fingerprint density at radius 3 is 2.48 bits per heavy atom. The maximum atomic E-state index is 12.5. The predicted octanol–water partition coefficient (Wildman–Crippen LogP) is 1.50. The standard InChI is InChI=1S/C17H24N2O4/c1-13(15-5-4-14(22-2)11-16(15)23-3)10-17(21)19-8-6-18(12-20)7-9-19/h4-5,11-13H,6-10H2,1-3H3. The molecular formula is C17H24N2O4. The second kappa shape index (κ2) is 7.85. The van der Waals surface area contributed by atoms with Crippen molar-refractivity contribution in [1.82, 2.24) is 9.80 Å². The van der Waals surface area contributed by atoms with Gasteiger partial charge in [0, 0.05) is 38.7 Å². The van der Waals surface area contributed by atoms with Crippen LogP contribution in [0.25, 0.3) is 0 Å². The lowest BCUT2D eigenvalue weighted by Crippen LogP contribution is -2.48. The monoisotopic (exact) mass is 320 g/mol. The molecule has 6 nitrogen and oxygen atoms in total. The highest BCUT2D eigenvalue weighted by molar-refractivity contribution is 5.77. The van der Waals surface area contributed by atoms with Crippen LogP contribution in [0.4, 0.5) is 0 Å². The molecule has 1 heterocycles. The minimum Gasteiger partial charge on any atom is -0.497 e. The van der Waals surface area contributed by atoms with E-state index in [1.165, 1.54) is 0 Å². The molecule has 1 fully saturated rings. The molecule has 1 saturated heterocycles. The summed E-state index contributed by atoms with van der Waals surface area (Å²) in [7, 11) is 3.23. The van der Waals surface area contributed by atoms with Crippen LogP contribution in [-0.2, 0) is 9.59 Å². The van der Waals surface area contributed by atoms with Crippen molar-refractivity contribution in [1.29, 1.82) is 0 Å². The van der Waals surface area contributed by atoms with E-state index < -0.39 is 0 Å². The first-order chi connectivity index (χ1) is 11.1. The third-order valence-electron chi connectivity index (χ3n) is 4.27. The van der Waals surface area contributed by atoms with E-state index in [4.69, 9.17) is 9.47 Å². The van der Waals surface area contributed by atoms with Gasteiger partial charge in [-0.15, -0.1) is 0 Å². The summed E-state index contributed by atoms with van der Waals surface area (Å²) in [6.45, 7) is 4.43. The van der Waals surface area contributed by atoms with Crippen LogP contribution in [0.15, 0.2) is 18.2 Å². The first-order valence-corrected chi connectivity index (χ1v) is 7.78. The first kappa shape index (κ1) is 17.1. The van der Waals surface area contributed by atoms with E-state index in [9.17, 15) is 9.59 Å². The summed E-state index contributed by atoms with van der Waals surface area (Å²) in [6.07, 6.45) is 1.26. The zero-order chi connectivity index (χ0) is 16.8. The van der Waals surface area contributed by atoms with Crippen molar-refractivity contribution in [2.45, 2.75) is 19.3 Å². The van der Waals surface area contributed by atoms with Gasteiger partial charge in [0.25, 0.3) is 0 Å². The third-order valence-corrected chi connectivity index (χ3v) is 4.27. The summed E-state index contributed by atoms with van der Waals surface area (Å²) in [6, 6.07) is 5.65. The van der Waals surface area contributed by atoms with E-state index >= 15 is 0 Å². The number of hydrogen-bond acceptors (Lipinski definition) is 4. The van der Waals surface area contributed by atoms with E-state index in [2.05, 4.69) is 0 Å². The van der Waals surface area contributed by atoms with Gasteiger partial charge in [0.15, 0.2) is 0 Å². The Hall–Kier alpha value is -2.24. The molecular weight excluding hydrogens is 296 g/mol. The highest BCUT2D eigenvalue weighted by Gasteiger charge is 2.23. The van der Waals surface area contributed by atoms with Crippen LogP contribution in [0, 0.1) is 0 Å². The molecule has 2 amide bonds. The van der Waals surface area contributed by atoms with Crippen molar-refractivity contribution >= 4 is 12.3 Å². The Balaban J connectivity index is 2.00. The minimum atomic E-state index is 0.0486.